The first-order valence-electron chi connectivity index (χ1n) is 10.7. The Morgan fingerprint density at radius 3 is 2.55 bits per heavy atom. The first kappa shape index (κ1) is 23.4. The molecule has 2 aromatic rings. The Kier molecular flexibility index (Phi) is 8.61. The zero-order valence-electron chi connectivity index (χ0n) is 17.7. The third-order valence-corrected chi connectivity index (χ3v) is 6.18. The van der Waals surface area contributed by atoms with E-state index in [1.807, 2.05) is 18.2 Å². The molecule has 1 saturated carbocycles. The summed E-state index contributed by atoms with van der Waals surface area (Å²) in [6.07, 6.45) is 5.41. The fraction of sp³-hybridized carbons (Fsp3) is 0.417. The maximum absolute atomic E-state index is 13.1. The molecule has 0 bridgehead atoms. The van der Waals surface area contributed by atoms with Crippen LogP contribution < -0.4 is 10.1 Å². The van der Waals surface area contributed by atoms with E-state index in [4.69, 9.17) is 27.9 Å². The number of nitrogens with zero attached hydrogens (tertiary/aromatic N) is 1. The fourth-order valence-electron chi connectivity index (χ4n) is 3.75. The summed E-state index contributed by atoms with van der Waals surface area (Å²) in [4.78, 5) is 27.6. The Bertz CT molecular complexity index is 900. The van der Waals surface area contributed by atoms with Gasteiger partial charge in [0.25, 0.3) is 5.91 Å². The van der Waals surface area contributed by atoms with Gasteiger partial charge in [0.1, 0.15) is 11.8 Å². The summed E-state index contributed by atoms with van der Waals surface area (Å²) in [5.41, 5.74) is 0.776. The number of nitrogens with one attached hydrogen (secondary N) is 1. The molecular weight excluding hydrogens is 435 g/mol. The Morgan fingerprint density at radius 2 is 1.84 bits per heavy atom. The second kappa shape index (κ2) is 11.4. The predicted molar refractivity (Wildman–Crippen MR) is 123 cm³/mol. The Labute approximate surface area is 193 Å². The van der Waals surface area contributed by atoms with Gasteiger partial charge in [-0.3, -0.25) is 9.59 Å². The van der Waals surface area contributed by atoms with Crippen LogP contribution in [0.2, 0.25) is 10.0 Å². The topological polar surface area (TPSA) is 58.6 Å². The maximum Gasteiger partial charge on any atom is 0.261 e. The lowest BCUT2D eigenvalue weighted by Crippen LogP contribution is -2.51. The molecule has 1 atom stereocenters. The van der Waals surface area contributed by atoms with Crippen molar-refractivity contribution in [1.29, 1.82) is 0 Å². The number of hydrogen-bond donors (Lipinski definition) is 1. The van der Waals surface area contributed by atoms with Crippen LogP contribution in [0.3, 0.4) is 0 Å². The smallest absolute Gasteiger partial charge is 0.261 e. The lowest BCUT2D eigenvalue weighted by atomic mass is 9.95. The summed E-state index contributed by atoms with van der Waals surface area (Å²) in [6, 6.07) is 13.7. The average Bonchev–Trinajstić information content (AvgIpc) is 2.77. The van der Waals surface area contributed by atoms with Crippen molar-refractivity contribution >= 4 is 35.0 Å². The van der Waals surface area contributed by atoms with Crippen LogP contribution in [0.25, 0.3) is 0 Å². The van der Waals surface area contributed by atoms with Crippen molar-refractivity contribution < 1.29 is 14.3 Å². The average molecular weight is 463 g/mol. The molecule has 1 aliphatic carbocycles. The molecule has 0 unspecified atom stereocenters. The van der Waals surface area contributed by atoms with E-state index in [9.17, 15) is 9.59 Å². The quantitative estimate of drug-likeness (QED) is 0.583. The summed E-state index contributed by atoms with van der Waals surface area (Å²) >= 11 is 12.3. The highest BCUT2D eigenvalue weighted by Gasteiger charge is 2.28. The van der Waals surface area contributed by atoms with Gasteiger partial charge in [0, 0.05) is 22.6 Å². The minimum Gasteiger partial charge on any atom is -0.484 e. The number of carbonyl (C=O) groups excluding carboxylic acids is 2. The molecule has 166 valence electrons. The lowest BCUT2D eigenvalue weighted by molar-refractivity contribution is -0.142. The van der Waals surface area contributed by atoms with E-state index in [-0.39, 0.29) is 31.0 Å². The minimum atomic E-state index is -0.659. The number of carbonyl (C=O) groups is 2. The van der Waals surface area contributed by atoms with E-state index in [1.54, 1.807) is 37.3 Å². The third-order valence-electron chi connectivity index (χ3n) is 5.58. The Balaban J connectivity index is 1.72. The lowest BCUT2D eigenvalue weighted by Gasteiger charge is -2.31. The van der Waals surface area contributed by atoms with Gasteiger partial charge < -0.3 is 15.0 Å². The number of ether oxygens (including phenoxy) is 1. The van der Waals surface area contributed by atoms with Crippen LogP contribution in [0.4, 0.5) is 0 Å². The molecule has 0 aliphatic heterocycles. The van der Waals surface area contributed by atoms with Gasteiger partial charge in [-0.25, -0.2) is 0 Å². The van der Waals surface area contributed by atoms with Gasteiger partial charge in [0.15, 0.2) is 6.61 Å². The monoisotopic (exact) mass is 462 g/mol. The van der Waals surface area contributed by atoms with Gasteiger partial charge >= 0.3 is 0 Å². The molecule has 0 radical (unpaired) electrons. The van der Waals surface area contributed by atoms with E-state index in [0.717, 1.165) is 31.2 Å². The van der Waals surface area contributed by atoms with E-state index in [2.05, 4.69) is 5.32 Å². The van der Waals surface area contributed by atoms with Crippen molar-refractivity contribution in [2.45, 2.75) is 57.7 Å². The second-order valence-corrected chi connectivity index (χ2v) is 8.72. The molecule has 1 N–H and O–H groups in total. The standard InChI is InChI=1S/C24H28Cl2N2O3/c1-17(24(30)27-20-10-3-2-4-11-20)28(15-18-8-5-6-13-22(18)26)23(29)16-31-21-12-7-9-19(25)14-21/h5-9,12-14,17,20H,2-4,10-11,15-16H2,1H3,(H,27,30)/t17-/m0/s1. The third kappa shape index (κ3) is 6.88. The molecule has 2 aromatic carbocycles. The van der Waals surface area contributed by atoms with Crippen molar-refractivity contribution in [3.63, 3.8) is 0 Å². The predicted octanol–water partition coefficient (Wildman–Crippen LogP) is 5.24. The molecule has 0 aromatic heterocycles. The normalized spacial score (nSPS) is 15.2. The summed E-state index contributed by atoms with van der Waals surface area (Å²) in [5.74, 6) is 0.0408. The summed E-state index contributed by atoms with van der Waals surface area (Å²) in [5, 5.41) is 4.19. The molecule has 0 heterocycles. The highest BCUT2D eigenvalue weighted by molar-refractivity contribution is 6.31. The van der Waals surface area contributed by atoms with E-state index < -0.39 is 6.04 Å². The largest absolute Gasteiger partial charge is 0.484 e. The molecule has 2 amide bonds. The van der Waals surface area contributed by atoms with Gasteiger partial charge in [-0.15, -0.1) is 0 Å². The van der Waals surface area contributed by atoms with Crippen molar-refractivity contribution in [2.24, 2.45) is 0 Å². The van der Waals surface area contributed by atoms with Gasteiger partial charge in [-0.1, -0.05) is 66.7 Å². The van der Waals surface area contributed by atoms with Crippen molar-refractivity contribution in [2.75, 3.05) is 6.61 Å². The van der Waals surface area contributed by atoms with E-state index in [0.29, 0.717) is 15.8 Å². The number of halogens is 2. The molecule has 1 aliphatic rings. The highest BCUT2D eigenvalue weighted by atomic mass is 35.5. The molecule has 5 nitrogen and oxygen atoms in total. The number of rotatable bonds is 8. The molecular formula is C24H28Cl2N2O3. The van der Waals surface area contributed by atoms with Gasteiger partial charge in [0.05, 0.1) is 0 Å². The summed E-state index contributed by atoms with van der Waals surface area (Å²) in [7, 11) is 0. The van der Waals surface area contributed by atoms with E-state index in [1.165, 1.54) is 11.3 Å². The SMILES string of the molecule is C[C@@H](C(=O)NC1CCCCC1)N(Cc1ccccc1Cl)C(=O)COc1cccc(Cl)c1. The number of amides is 2. The maximum atomic E-state index is 13.1. The first-order valence-corrected chi connectivity index (χ1v) is 11.4. The highest BCUT2D eigenvalue weighted by Crippen LogP contribution is 2.21. The molecule has 7 heteroatoms. The van der Waals surface area contributed by atoms with E-state index >= 15 is 0 Å². The minimum absolute atomic E-state index is 0.157. The number of benzene rings is 2. The van der Waals surface area contributed by atoms with Crippen LogP contribution in [0.5, 0.6) is 5.75 Å². The molecule has 0 saturated heterocycles. The first-order chi connectivity index (χ1) is 14.9. The zero-order valence-corrected chi connectivity index (χ0v) is 19.2. The van der Waals surface area contributed by atoms with Crippen LogP contribution in [0, 0.1) is 0 Å². The van der Waals surface area contributed by atoms with Crippen molar-refractivity contribution in [3.8, 4) is 5.75 Å². The summed E-state index contributed by atoms with van der Waals surface area (Å²) in [6.45, 7) is 1.76. The molecule has 1 fully saturated rings. The van der Waals surface area contributed by atoms with Crippen LogP contribution in [-0.2, 0) is 16.1 Å². The Hall–Kier alpha value is -2.24. The Morgan fingerprint density at radius 1 is 1.10 bits per heavy atom. The van der Waals surface area contributed by atoms with Crippen LogP contribution in [0.15, 0.2) is 48.5 Å². The fourth-order valence-corrected chi connectivity index (χ4v) is 4.12. The van der Waals surface area contributed by atoms with Crippen LogP contribution in [0.1, 0.15) is 44.6 Å². The van der Waals surface area contributed by atoms with Gasteiger partial charge in [-0.05, 0) is 49.6 Å². The summed E-state index contributed by atoms with van der Waals surface area (Å²) < 4.78 is 5.64. The van der Waals surface area contributed by atoms with Gasteiger partial charge in [0.2, 0.25) is 5.91 Å². The van der Waals surface area contributed by atoms with Gasteiger partial charge in [-0.2, -0.15) is 0 Å². The second-order valence-electron chi connectivity index (χ2n) is 7.88. The molecule has 0 spiro atoms. The number of hydrogen-bond acceptors (Lipinski definition) is 3. The van der Waals surface area contributed by atoms with Crippen LogP contribution >= 0.6 is 23.2 Å². The van der Waals surface area contributed by atoms with Crippen LogP contribution in [-0.4, -0.2) is 35.4 Å². The molecule has 31 heavy (non-hydrogen) atoms. The molecule has 3 rings (SSSR count). The van der Waals surface area contributed by atoms with Crippen molar-refractivity contribution in [1.82, 2.24) is 10.2 Å². The van der Waals surface area contributed by atoms with Crippen molar-refractivity contribution in [3.05, 3.63) is 64.1 Å². The zero-order chi connectivity index (χ0) is 22.2.